The molecule has 1 unspecified atom stereocenters. The molecule has 7 nitrogen and oxygen atoms in total. The number of aromatic nitrogens is 2. The second kappa shape index (κ2) is 9.32. The van der Waals surface area contributed by atoms with E-state index in [-0.39, 0.29) is 23.9 Å². The molecule has 1 aromatic heterocycles. The monoisotopic (exact) mass is 370 g/mol. The van der Waals surface area contributed by atoms with E-state index in [1.165, 1.54) is 11.8 Å². The molecule has 7 heteroatoms. The number of carbonyl (C=O) groups is 1. The molecule has 1 saturated heterocycles. The van der Waals surface area contributed by atoms with Crippen molar-refractivity contribution in [3.8, 4) is 0 Å². The van der Waals surface area contributed by atoms with Crippen LogP contribution in [0.4, 0.5) is 0 Å². The van der Waals surface area contributed by atoms with E-state index in [4.69, 9.17) is 0 Å². The van der Waals surface area contributed by atoms with Crippen LogP contribution in [0.1, 0.15) is 30.4 Å². The number of piperidine rings is 1. The van der Waals surface area contributed by atoms with Gasteiger partial charge in [0, 0.05) is 24.3 Å². The summed E-state index contributed by atoms with van der Waals surface area (Å²) >= 11 is 0. The van der Waals surface area contributed by atoms with E-state index in [2.05, 4.69) is 44.5 Å². The lowest BCUT2D eigenvalue weighted by Crippen LogP contribution is -2.48. The van der Waals surface area contributed by atoms with Crippen LogP contribution in [-0.4, -0.2) is 46.5 Å². The molecule has 1 amide bonds. The third kappa shape index (κ3) is 5.92. The zero-order chi connectivity index (χ0) is 19.1. The van der Waals surface area contributed by atoms with Crippen LogP contribution in [-0.2, 0) is 17.6 Å². The summed E-state index contributed by atoms with van der Waals surface area (Å²) in [5, 5.41) is 3.02. The van der Waals surface area contributed by atoms with E-state index < -0.39 is 11.2 Å². The first-order valence-corrected chi connectivity index (χ1v) is 9.46. The van der Waals surface area contributed by atoms with Gasteiger partial charge in [-0.05, 0) is 44.3 Å². The fourth-order valence-electron chi connectivity index (χ4n) is 3.55. The summed E-state index contributed by atoms with van der Waals surface area (Å²) in [5.41, 5.74) is 0.538. The van der Waals surface area contributed by atoms with E-state index in [0.717, 1.165) is 45.3 Å². The number of likely N-dealkylation sites (tertiary alicyclic amines) is 1. The summed E-state index contributed by atoms with van der Waals surface area (Å²) in [6.07, 6.45) is 5.42. The minimum Gasteiger partial charge on any atom is -0.352 e. The van der Waals surface area contributed by atoms with Gasteiger partial charge in [-0.2, -0.15) is 0 Å². The number of carbonyl (C=O) groups excluding carboxylic acids is 1. The molecule has 27 heavy (non-hydrogen) atoms. The first-order valence-electron chi connectivity index (χ1n) is 9.46. The highest BCUT2D eigenvalue weighted by Gasteiger charge is 2.21. The molecule has 2 heterocycles. The largest absolute Gasteiger partial charge is 0.352 e. The van der Waals surface area contributed by atoms with Crippen LogP contribution >= 0.6 is 0 Å². The number of hydrogen-bond donors (Lipinski definition) is 3. The maximum Gasteiger partial charge on any atom is 0.325 e. The summed E-state index contributed by atoms with van der Waals surface area (Å²) in [7, 11) is 0. The Morgan fingerprint density at radius 3 is 2.81 bits per heavy atom. The number of amides is 1. The molecule has 1 atom stereocenters. The average Bonchev–Trinajstić information content (AvgIpc) is 2.65. The molecular weight excluding hydrogens is 344 g/mol. The van der Waals surface area contributed by atoms with Gasteiger partial charge in [0.2, 0.25) is 5.91 Å². The van der Waals surface area contributed by atoms with E-state index >= 15 is 0 Å². The minimum absolute atomic E-state index is 0.0311. The Labute approximate surface area is 157 Å². The number of rotatable bonds is 7. The molecule has 2 aromatic rings. The molecule has 144 valence electrons. The molecule has 0 radical (unpaired) electrons. The lowest BCUT2D eigenvalue weighted by Gasteiger charge is -2.33. The molecule has 1 aromatic carbocycles. The molecule has 1 aliphatic heterocycles. The van der Waals surface area contributed by atoms with Gasteiger partial charge in [-0.3, -0.25) is 14.6 Å². The number of H-pyrrole nitrogens is 2. The fourth-order valence-corrected chi connectivity index (χ4v) is 3.55. The number of nitrogens with zero attached hydrogens (tertiary/aromatic N) is 1. The van der Waals surface area contributed by atoms with E-state index in [0.29, 0.717) is 0 Å². The second-order valence-electron chi connectivity index (χ2n) is 7.07. The van der Waals surface area contributed by atoms with Crippen molar-refractivity contribution in [3.63, 3.8) is 0 Å². The molecular formula is C20H26N4O3. The molecule has 1 fully saturated rings. The molecule has 0 spiro atoms. The summed E-state index contributed by atoms with van der Waals surface area (Å²) in [6.45, 7) is 2.91. The second-order valence-corrected chi connectivity index (χ2v) is 7.07. The summed E-state index contributed by atoms with van der Waals surface area (Å²) in [5.74, 6) is -0.191. The van der Waals surface area contributed by atoms with E-state index in [9.17, 15) is 14.4 Å². The predicted octanol–water partition coefficient (Wildman–Crippen LogP) is 0.819. The normalized spacial score (nSPS) is 17.6. The highest BCUT2D eigenvalue weighted by atomic mass is 16.2. The van der Waals surface area contributed by atoms with Gasteiger partial charge in [0.25, 0.3) is 5.56 Å². The van der Waals surface area contributed by atoms with Crippen molar-refractivity contribution in [1.82, 2.24) is 20.2 Å². The first-order chi connectivity index (χ1) is 13.1. The number of nitrogens with one attached hydrogen (secondary N) is 3. The Kier molecular flexibility index (Phi) is 6.59. The van der Waals surface area contributed by atoms with Crippen LogP contribution in [0.15, 0.2) is 46.1 Å². The van der Waals surface area contributed by atoms with Gasteiger partial charge in [0.1, 0.15) is 0 Å². The lowest BCUT2D eigenvalue weighted by molar-refractivity contribution is -0.121. The standard InChI is InChI=1S/C20H26N4O3/c25-18(12-16-13-21-20(27)23-19(16)26)22-17-9-5-11-24(14-17)10-4-8-15-6-2-1-3-7-15/h1-3,6-7,13,17H,4-5,8-12,14H2,(H,22,25)(H2,21,23,26,27). The average molecular weight is 370 g/mol. The first kappa shape index (κ1) is 19.1. The van der Waals surface area contributed by atoms with Crippen molar-refractivity contribution in [2.45, 2.75) is 38.1 Å². The van der Waals surface area contributed by atoms with Crippen LogP contribution in [0.3, 0.4) is 0 Å². The number of benzene rings is 1. The molecule has 0 aliphatic carbocycles. The Hall–Kier alpha value is -2.67. The van der Waals surface area contributed by atoms with Gasteiger partial charge in [-0.1, -0.05) is 30.3 Å². The Morgan fingerprint density at radius 2 is 2.04 bits per heavy atom. The Bertz CT molecular complexity index is 859. The third-order valence-corrected chi connectivity index (χ3v) is 4.90. The topological polar surface area (TPSA) is 98.1 Å². The number of aryl methyl sites for hydroxylation is 1. The van der Waals surface area contributed by atoms with Gasteiger partial charge in [0.05, 0.1) is 6.42 Å². The highest BCUT2D eigenvalue weighted by molar-refractivity contribution is 5.78. The summed E-state index contributed by atoms with van der Waals surface area (Å²) < 4.78 is 0. The smallest absolute Gasteiger partial charge is 0.325 e. The molecule has 3 rings (SSSR count). The molecule has 3 N–H and O–H groups in total. The Morgan fingerprint density at radius 1 is 1.22 bits per heavy atom. The quantitative estimate of drug-likeness (QED) is 0.672. The zero-order valence-electron chi connectivity index (χ0n) is 15.4. The van der Waals surface area contributed by atoms with E-state index in [1.54, 1.807) is 0 Å². The predicted molar refractivity (Wildman–Crippen MR) is 104 cm³/mol. The SMILES string of the molecule is O=C(Cc1c[nH]c(=O)[nH]c1=O)NC1CCCN(CCCc2ccccc2)C1. The van der Waals surface area contributed by atoms with Gasteiger partial charge in [0.15, 0.2) is 0 Å². The maximum absolute atomic E-state index is 12.2. The van der Waals surface area contributed by atoms with Crippen molar-refractivity contribution >= 4 is 5.91 Å². The van der Waals surface area contributed by atoms with Crippen molar-refractivity contribution in [1.29, 1.82) is 0 Å². The number of aromatic amines is 2. The van der Waals surface area contributed by atoms with Crippen LogP contribution in [0.5, 0.6) is 0 Å². The molecule has 0 bridgehead atoms. The minimum atomic E-state index is -0.567. The van der Waals surface area contributed by atoms with Gasteiger partial charge in [-0.15, -0.1) is 0 Å². The van der Waals surface area contributed by atoms with Crippen LogP contribution < -0.4 is 16.6 Å². The van der Waals surface area contributed by atoms with Crippen LogP contribution in [0, 0.1) is 0 Å². The Balaban J connectivity index is 1.44. The van der Waals surface area contributed by atoms with Gasteiger partial charge < -0.3 is 15.2 Å². The molecule has 1 aliphatic rings. The van der Waals surface area contributed by atoms with Crippen molar-refractivity contribution in [2.75, 3.05) is 19.6 Å². The molecule has 0 saturated carbocycles. The maximum atomic E-state index is 12.2. The third-order valence-electron chi connectivity index (χ3n) is 4.90. The van der Waals surface area contributed by atoms with Crippen molar-refractivity contribution in [2.24, 2.45) is 0 Å². The van der Waals surface area contributed by atoms with Crippen LogP contribution in [0.2, 0.25) is 0 Å². The lowest BCUT2D eigenvalue weighted by atomic mass is 10.0. The number of hydrogen-bond acceptors (Lipinski definition) is 4. The van der Waals surface area contributed by atoms with Gasteiger partial charge in [-0.25, -0.2) is 4.79 Å². The fraction of sp³-hybridized carbons (Fsp3) is 0.450. The van der Waals surface area contributed by atoms with Crippen molar-refractivity contribution < 1.29 is 4.79 Å². The summed E-state index contributed by atoms with van der Waals surface area (Å²) in [4.78, 5) is 41.9. The summed E-state index contributed by atoms with van der Waals surface area (Å²) in [6, 6.07) is 10.6. The van der Waals surface area contributed by atoms with Crippen molar-refractivity contribution in [3.05, 3.63) is 68.5 Å². The van der Waals surface area contributed by atoms with Gasteiger partial charge >= 0.3 is 5.69 Å². The highest BCUT2D eigenvalue weighted by Crippen LogP contribution is 2.12. The van der Waals surface area contributed by atoms with E-state index in [1.807, 2.05) is 6.07 Å². The zero-order valence-corrected chi connectivity index (χ0v) is 15.4. The van der Waals surface area contributed by atoms with Crippen LogP contribution in [0.25, 0.3) is 0 Å².